The Morgan fingerprint density at radius 1 is 1.24 bits per heavy atom. The van der Waals surface area contributed by atoms with Gasteiger partial charge in [-0.1, -0.05) is 0 Å². The molecule has 4 unspecified atom stereocenters. The lowest BCUT2D eigenvalue weighted by atomic mass is 9.66. The van der Waals surface area contributed by atoms with Crippen molar-refractivity contribution in [1.82, 2.24) is 0 Å². The monoisotopic (exact) mass is 325 g/mol. The number of rotatable bonds is 3. The predicted octanol–water partition coefficient (Wildman–Crippen LogP) is -3.71. The number of hydrogen-bond acceptors (Lipinski definition) is 9. The highest BCUT2D eigenvalue weighted by Gasteiger charge is 2.71. The molecule has 21 heavy (non-hydrogen) atoms. The van der Waals surface area contributed by atoms with Gasteiger partial charge in [-0.25, -0.2) is 0 Å². The molecule has 0 saturated carbocycles. The van der Waals surface area contributed by atoms with Gasteiger partial charge >= 0.3 is 5.97 Å². The summed E-state index contributed by atoms with van der Waals surface area (Å²) in [6.45, 7) is 0. The minimum Gasteiger partial charge on any atom is -0.480 e. The van der Waals surface area contributed by atoms with Crippen LogP contribution < -0.4 is 5.73 Å². The molecule has 0 aromatic heterocycles. The first-order valence-electron chi connectivity index (χ1n) is 6.26. The van der Waals surface area contributed by atoms with Gasteiger partial charge in [0.05, 0.1) is 0 Å². The maximum atomic E-state index is 11.6. The van der Waals surface area contributed by atoms with E-state index in [0.29, 0.717) is 0 Å². The number of ether oxygens (including phenoxy) is 1. The Bertz CT molecular complexity index is 434. The molecule has 0 aromatic rings. The lowest BCUT2D eigenvalue weighted by Gasteiger charge is -2.59. The highest BCUT2D eigenvalue weighted by atomic mass is 32.2. The third-order valence-corrected chi connectivity index (χ3v) is 5.02. The first-order chi connectivity index (χ1) is 9.62. The molecule has 2 bridgehead atoms. The molecule has 0 spiro atoms. The normalized spacial score (nSPS) is 53.5. The van der Waals surface area contributed by atoms with E-state index in [4.69, 9.17) is 10.5 Å². The van der Waals surface area contributed by atoms with Gasteiger partial charge in [-0.15, -0.1) is 0 Å². The van der Waals surface area contributed by atoms with Gasteiger partial charge in [0.15, 0.2) is 0 Å². The maximum absolute atomic E-state index is 11.6. The van der Waals surface area contributed by atoms with Crippen molar-refractivity contribution in [2.75, 3.05) is 12.0 Å². The number of thioether (sulfide) groups is 1. The van der Waals surface area contributed by atoms with Crippen molar-refractivity contribution in [2.45, 2.75) is 41.8 Å². The summed E-state index contributed by atoms with van der Waals surface area (Å²) < 4.78 is 5.00. The van der Waals surface area contributed by atoms with Crippen LogP contribution in [0.25, 0.3) is 0 Å². The zero-order valence-corrected chi connectivity index (χ0v) is 12.0. The average molecular weight is 325 g/mol. The summed E-state index contributed by atoms with van der Waals surface area (Å²) in [4.78, 5) is 11.6. The molecule has 2 heterocycles. The first-order valence-corrected chi connectivity index (χ1v) is 7.65. The van der Waals surface area contributed by atoms with Gasteiger partial charge in [0.2, 0.25) is 5.79 Å². The Hall–Kier alpha value is -0.460. The van der Waals surface area contributed by atoms with Gasteiger partial charge in [-0.3, -0.25) is 4.79 Å². The highest BCUT2D eigenvalue weighted by Crippen LogP contribution is 2.46. The largest absolute Gasteiger partial charge is 0.480 e. The van der Waals surface area contributed by atoms with Gasteiger partial charge in [0.1, 0.15) is 36.1 Å². The van der Waals surface area contributed by atoms with Crippen molar-refractivity contribution in [3.63, 3.8) is 0 Å². The van der Waals surface area contributed by atoms with Crippen LogP contribution in [0.4, 0.5) is 0 Å². The molecule has 122 valence electrons. The number of carboxylic acid groups (broad SMARTS) is 1. The Morgan fingerprint density at radius 3 is 2.29 bits per heavy atom. The van der Waals surface area contributed by atoms with Crippen molar-refractivity contribution in [1.29, 1.82) is 0 Å². The number of nitrogens with two attached hydrogens (primary N) is 1. The molecule has 10 heteroatoms. The summed E-state index contributed by atoms with van der Waals surface area (Å²) >= 11 is 1.18. The molecule has 2 rings (SSSR count). The lowest BCUT2D eigenvalue weighted by Crippen LogP contribution is -2.84. The van der Waals surface area contributed by atoms with E-state index in [2.05, 4.69) is 0 Å². The fourth-order valence-electron chi connectivity index (χ4n) is 3.03. The standard InChI is InChI=1S/C11H19NO8S/c1-21-2-3-6(15)11(19)7(16)4(13)5(14)8(20-11)10(3,12)9(17)18/h3-8,13-16,19H,2,12H2,1H3,(H,17,18)/t3?,4-,5+,6?,7+,8?,10?,11+/m1/s1. The topological polar surface area (TPSA) is 174 Å². The smallest absolute Gasteiger partial charge is 0.326 e. The number of aliphatic hydroxyl groups is 5. The second-order valence-electron chi connectivity index (χ2n) is 5.46. The molecule has 0 amide bonds. The molecule has 9 nitrogen and oxygen atoms in total. The third-order valence-electron chi connectivity index (χ3n) is 4.33. The molecule has 8 N–H and O–H groups in total. The zero-order chi connectivity index (χ0) is 16.2. The zero-order valence-electron chi connectivity index (χ0n) is 11.2. The number of carbonyl (C=O) groups is 1. The molecule has 0 aromatic carbocycles. The van der Waals surface area contributed by atoms with Crippen LogP contribution in [0, 0.1) is 5.92 Å². The van der Waals surface area contributed by atoms with Crippen LogP contribution in [-0.2, 0) is 9.53 Å². The molecular formula is C11H19NO8S. The lowest BCUT2D eigenvalue weighted by molar-refractivity contribution is -0.409. The van der Waals surface area contributed by atoms with Crippen molar-refractivity contribution in [3.05, 3.63) is 0 Å². The van der Waals surface area contributed by atoms with Crippen LogP contribution in [-0.4, -0.2) is 90.5 Å². The van der Waals surface area contributed by atoms with Gasteiger partial charge in [-0.05, 0) is 6.26 Å². The maximum Gasteiger partial charge on any atom is 0.326 e. The molecule has 2 saturated heterocycles. The van der Waals surface area contributed by atoms with E-state index in [1.807, 2.05) is 0 Å². The molecular weight excluding hydrogens is 306 g/mol. The van der Waals surface area contributed by atoms with Crippen molar-refractivity contribution >= 4 is 17.7 Å². The number of aliphatic carboxylic acids is 1. The Labute approximate surface area is 124 Å². The number of aliphatic hydroxyl groups excluding tert-OH is 4. The summed E-state index contributed by atoms with van der Waals surface area (Å²) in [7, 11) is 0. The summed E-state index contributed by atoms with van der Waals surface area (Å²) in [5.74, 6) is -5.30. The molecule has 0 radical (unpaired) electrons. The predicted molar refractivity (Wildman–Crippen MR) is 70.3 cm³/mol. The van der Waals surface area contributed by atoms with Crippen LogP contribution in [0.1, 0.15) is 0 Å². The molecule has 2 fully saturated rings. The Kier molecular flexibility index (Phi) is 4.28. The van der Waals surface area contributed by atoms with Crippen LogP contribution in [0.2, 0.25) is 0 Å². The molecule has 0 aliphatic carbocycles. The quantitative estimate of drug-likeness (QED) is 0.273. The van der Waals surface area contributed by atoms with Crippen molar-refractivity contribution in [2.24, 2.45) is 11.7 Å². The van der Waals surface area contributed by atoms with E-state index in [-0.39, 0.29) is 5.75 Å². The van der Waals surface area contributed by atoms with Gasteiger partial charge in [0, 0.05) is 11.7 Å². The van der Waals surface area contributed by atoms with E-state index in [1.165, 1.54) is 11.8 Å². The Morgan fingerprint density at radius 2 is 1.81 bits per heavy atom. The van der Waals surface area contributed by atoms with Crippen molar-refractivity contribution < 1.29 is 40.2 Å². The van der Waals surface area contributed by atoms with Crippen LogP contribution in [0.3, 0.4) is 0 Å². The fraction of sp³-hybridized carbons (Fsp3) is 0.909. The Balaban J connectivity index is 2.55. The molecule has 2 aliphatic rings. The fourth-order valence-corrected chi connectivity index (χ4v) is 3.84. The van der Waals surface area contributed by atoms with E-state index >= 15 is 0 Å². The van der Waals surface area contributed by atoms with E-state index < -0.39 is 53.7 Å². The second-order valence-corrected chi connectivity index (χ2v) is 6.37. The summed E-state index contributed by atoms with van der Waals surface area (Å²) in [6, 6.07) is 0. The van der Waals surface area contributed by atoms with Gasteiger partial charge in [0.25, 0.3) is 0 Å². The van der Waals surface area contributed by atoms with Crippen molar-refractivity contribution in [3.8, 4) is 0 Å². The first kappa shape index (κ1) is 16.9. The minimum absolute atomic E-state index is 0.0433. The minimum atomic E-state index is -2.60. The third kappa shape index (κ3) is 2.10. The highest BCUT2D eigenvalue weighted by molar-refractivity contribution is 7.98. The van der Waals surface area contributed by atoms with Crippen LogP contribution in [0.5, 0.6) is 0 Å². The molecule has 8 atom stereocenters. The van der Waals surface area contributed by atoms with E-state index in [0.717, 1.165) is 0 Å². The number of hydrogen-bond donors (Lipinski definition) is 7. The van der Waals surface area contributed by atoms with E-state index in [9.17, 15) is 35.4 Å². The van der Waals surface area contributed by atoms with E-state index in [1.54, 1.807) is 6.26 Å². The van der Waals surface area contributed by atoms with Crippen LogP contribution >= 0.6 is 11.8 Å². The number of carboxylic acids is 1. The molecule has 2 aliphatic heterocycles. The van der Waals surface area contributed by atoms with Gasteiger partial charge in [-0.2, -0.15) is 11.8 Å². The summed E-state index contributed by atoms with van der Waals surface area (Å²) in [6.07, 6.45) is -7.61. The number of fused-ring (bicyclic) bond motifs is 2. The SMILES string of the molecule is CSCC1C(O)[C@]2(O)OC([C@@H](O)[C@@H](O)[C@@H]2O)C1(N)C(=O)O. The summed E-state index contributed by atoms with van der Waals surface area (Å²) in [5.41, 5.74) is 3.64. The van der Waals surface area contributed by atoms with Gasteiger partial charge < -0.3 is 41.1 Å². The average Bonchev–Trinajstić information content (AvgIpc) is 2.43. The van der Waals surface area contributed by atoms with Crippen LogP contribution in [0.15, 0.2) is 0 Å². The second kappa shape index (κ2) is 5.32. The summed E-state index contributed by atoms with van der Waals surface area (Å²) in [5, 5.41) is 59.5.